The SMILES string of the molecule is NC1CCCN(Cc2ccc(C(=O)Nc3ccc(Cl)cc3N3CCN(CCC(F)(F)F)CC3)c(F)c2)C1. The molecule has 1 unspecified atom stereocenters. The first-order chi connectivity index (χ1) is 17.6. The van der Waals surface area contributed by atoms with Crippen molar-refractivity contribution in [2.75, 3.05) is 56.0 Å². The Morgan fingerprint density at radius 3 is 2.49 bits per heavy atom. The van der Waals surface area contributed by atoms with Crippen molar-refractivity contribution in [1.29, 1.82) is 0 Å². The molecule has 0 aromatic heterocycles. The van der Waals surface area contributed by atoms with Crippen LogP contribution < -0.4 is 16.0 Å². The lowest BCUT2D eigenvalue weighted by molar-refractivity contribution is -0.138. The third kappa shape index (κ3) is 7.80. The van der Waals surface area contributed by atoms with Crippen LogP contribution in [0.25, 0.3) is 0 Å². The first-order valence-corrected chi connectivity index (χ1v) is 12.9. The molecule has 2 aliphatic heterocycles. The predicted octanol–water partition coefficient (Wildman–Crippen LogP) is 4.73. The van der Waals surface area contributed by atoms with Gasteiger partial charge < -0.3 is 16.0 Å². The quantitative estimate of drug-likeness (QED) is 0.496. The van der Waals surface area contributed by atoms with Crippen LogP contribution in [0, 0.1) is 5.82 Å². The molecule has 2 aromatic rings. The number of carbonyl (C=O) groups excluding carboxylic acids is 1. The molecule has 0 aliphatic carbocycles. The zero-order valence-electron chi connectivity index (χ0n) is 20.5. The summed E-state index contributed by atoms with van der Waals surface area (Å²) in [5.41, 5.74) is 7.85. The van der Waals surface area contributed by atoms with Gasteiger partial charge in [0, 0.05) is 56.9 Å². The van der Waals surface area contributed by atoms with Crippen molar-refractivity contribution >= 4 is 28.9 Å². The van der Waals surface area contributed by atoms with Crippen molar-refractivity contribution in [3.05, 3.63) is 58.4 Å². The molecule has 2 aliphatic rings. The molecule has 0 spiro atoms. The first-order valence-electron chi connectivity index (χ1n) is 12.5. The van der Waals surface area contributed by atoms with Crippen molar-refractivity contribution in [3.8, 4) is 0 Å². The zero-order valence-corrected chi connectivity index (χ0v) is 21.3. The molecular weight excluding hydrogens is 510 g/mol. The smallest absolute Gasteiger partial charge is 0.367 e. The van der Waals surface area contributed by atoms with Gasteiger partial charge in [-0.05, 0) is 55.3 Å². The second kappa shape index (κ2) is 12.0. The van der Waals surface area contributed by atoms with E-state index in [4.69, 9.17) is 17.3 Å². The summed E-state index contributed by atoms with van der Waals surface area (Å²) in [5, 5.41) is 3.25. The average molecular weight is 542 g/mol. The summed E-state index contributed by atoms with van der Waals surface area (Å²) < 4.78 is 52.6. The first kappa shape index (κ1) is 27.6. The minimum atomic E-state index is -4.18. The Labute approximate surface area is 219 Å². The van der Waals surface area contributed by atoms with E-state index in [1.165, 1.54) is 12.1 Å². The van der Waals surface area contributed by atoms with E-state index in [1.54, 1.807) is 29.2 Å². The molecular formula is C26H32ClF4N5O. The maximum Gasteiger partial charge on any atom is 0.390 e. The van der Waals surface area contributed by atoms with E-state index in [-0.39, 0.29) is 18.2 Å². The van der Waals surface area contributed by atoms with Crippen LogP contribution in [0.15, 0.2) is 36.4 Å². The number of benzene rings is 2. The van der Waals surface area contributed by atoms with Crippen molar-refractivity contribution in [2.24, 2.45) is 5.73 Å². The van der Waals surface area contributed by atoms with Gasteiger partial charge >= 0.3 is 6.18 Å². The Morgan fingerprint density at radius 1 is 1.05 bits per heavy atom. The van der Waals surface area contributed by atoms with Crippen LogP contribution in [-0.2, 0) is 6.54 Å². The summed E-state index contributed by atoms with van der Waals surface area (Å²) in [7, 11) is 0. The minimum Gasteiger partial charge on any atom is -0.367 e. The Hall–Kier alpha value is -2.40. The molecule has 37 heavy (non-hydrogen) atoms. The summed E-state index contributed by atoms with van der Waals surface area (Å²) in [6.07, 6.45) is -3.03. The molecule has 11 heteroatoms. The highest BCUT2D eigenvalue weighted by Crippen LogP contribution is 2.31. The molecule has 1 atom stereocenters. The van der Waals surface area contributed by atoms with Crippen LogP contribution in [-0.4, -0.2) is 73.7 Å². The standard InChI is InChI=1S/C26H32ClF4N5O/c27-19-4-6-23(24(15-19)36-12-10-34(11-13-36)9-7-26(29,30)31)33-25(37)21-5-3-18(14-22(21)28)16-35-8-1-2-20(32)17-35/h3-6,14-15,20H,1-2,7-13,16-17,32H2,(H,33,37). The Kier molecular flexibility index (Phi) is 8.94. The number of nitrogens with two attached hydrogens (primary N) is 1. The fourth-order valence-electron chi connectivity index (χ4n) is 4.89. The van der Waals surface area contributed by atoms with E-state index in [2.05, 4.69) is 10.2 Å². The number of nitrogens with one attached hydrogen (secondary N) is 1. The molecule has 0 bridgehead atoms. The Balaban J connectivity index is 1.40. The maximum absolute atomic E-state index is 14.9. The van der Waals surface area contributed by atoms with Crippen molar-refractivity contribution in [3.63, 3.8) is 0 Å². The fraction of sp³-hybridized carbons (Fsp3) is 0.500. The molecule has 4 rings (SSSR count). The van der Waals surface area contributed by atoms with Gasteiger partial charge in [-0.15, -0.1) is 0 Å². The number of likely N-dealkylation sites (tertiary alicyclic amines) is 1. The number of anilines is 2. The fourth-order valence-corrected chi connectivity index (χ4v) is 5.06. The molecule has 2 fully saturated rings. The van der Waals surface area contributed by atoms with Gasteiger partial charge in [-0.1, -0.05) is 17.7 Å². The number of hydrogen-bond donors (Lipinski definition) is 2. The monoisotopic (exact) mass is 541 g/mol. The van der Waals surface area contributed by atoms with Gasteiger partial charge in [0.25, 0.3) is 5.91 Å². The molecule has 202 valence electrons. The van der Waals surface area contributed by atoms with Crippen molar-refractivity contribution in [2.45, 2.75) is 38.0 Å². The second-order valence-electron chi connectivity index (χ2n) is 9.76. The van der Waals surface area contributed by atoms with E-state index in [0.29, 0.717) is 49.1 Å². The van der Waals surface area contributed by atoms with Gasteiger partial charge in [0.05, 0.1) is 23.4 Å². The van der Waals surface area contributed by atoms with Gasteiger partial charge in [-0.3, -0.25) is 14.6 Å². The van der Waals surface area contributed by atoms with E-state index in [1.807, 2.05) is 4.90 Å². The number of rotatable bonds is 7. The summed E-state index contributed by atoms with van der Waals surface area (Å²) in [5.74, 6) is -1.19. The molecule has 3 N–H and O–H groups in total. The van der Waals surface area contributed by atoms with E-state index in [9.17, 15) is 22.4 Å². The highest BCUT2D eigenvalue weighted by atomic mass is 35.5. The van der Waals surface area contributed by atoms with Gasteiger partial charge in [0.15, 0.2) is 0 Å². The minimum absolute atomic E-state index is 0.0453. The van der Waals surface area contributed by atoms with Crippen molar-refractivity contribution < 1.29 is 22.4 Å². The molecule has 2 heterocycles. The highest BCUT2D eigenvalue weighted by Gasteiger charge is 2.29. The van der Waals surface area contributed by atoms with Crippen LogP contribution in [0.2, 0.25) is 5.02 Å². The number of halogens is 5. The maximum atomic E-state index is 14.9. The van der Waals surface area contributed by atoms with Crippen LogP contribution in [0.3, 0.4) is 0 Å². The molecule has 2 aromatic carbocycles. The van der Waals surface area contributed by atoms with E-state index < -0.39 is 24.3 Å². The van der Waals surface area contributed by atoms with Crippen molar-refractivity contribution in [1.82, 2.24) is 9.80 Å². The molecule has 0 radical (unpaired) electrons. The third-order valence-electron chi connectivity index (χ3n) is 6.86. The van der Waals surface area contributed by atoms with E-state index in [0.717, 1.165) is 31.5 Å². The molecule has 0 saturated carbocycles. The van der Waals surface area contributed by atoms with Crippen LogP contribution in [0.4, 0.5) is 28.9 Å². The number of amides is 1. The number of alkyl halides is 3. The lowest BCUT2D eigenvalue weighted by Gasteiger charge is -2.37. The largest absolute Gasteiger partial charge is 0.390 e. The van der Waals surface area contributed by atoms with Crippen LogP contribution in [0.1, 0.15) is 35.2 Å². The number of piperazine rings is 1. The summed E-state index contributed by atoms with van der Waals surface area (Å²) in [6.45, 7) is 4.06. The number of hydrogen-bond acceptors (Lipinski definition) is 5. The Morgan fingerprint density at radius 2 is 1.81 bits per heavy atom. The summed E-state index contributed by atoms with van der Waals surface area (Å²) >= 11 is 6.20. The van der Waals surface area contributed by atoms with Gasteiger partial charge in [-0.25, -0.2) is 4.39 Å². The zero-order chi connectivity index (χ0) is 26.6. The summed E-state index contributed by atoms with van der Waals surface area (Å²) in [4.78, 5) is 18.9. The molecule has 2 saturated heterocycles. The number of piperidine rings is 1. The average Bonchev–Trinajstić information content (AvgIpc) is 2.84. The van der Waals surface area contributed by atoms with Gasteiger partial charge in [0.1, 0.15) is 5.82 Å². The normalized spacial score (nSPS) is 19.7. The lowest BCUT2D eigenvalue weighted by Crippen LogP contribution is -2.47. The van der Waals surface area contributed by atoms with E-state index >= 15 is 0 Å². The summed E-state index contributed by atoms with van der Waals surface area (Å²) in [6, 6.07) is 9.73. The van der Waals surface area contributed by atoms with Gasteiger partial charge in [-0.2, -0.15) is 13.2 Å². The number of nitrogens with zero attached hydrogens (tertiary/aromatic N) is 3. The van der Waals surface area contributed by atoms with Crippen LogP contribution >= 0.6 is 11.6 Å². The highest BCUT2D eigenvalue weighted by molar-refractivity contribution is 6.31. The predicted molar refractivity (Wildman–Crippen MR) is 138 cm³/mol. The Bertz CT molecular complexity index is 1090. The van der Waals surface area contributed by atoms with Gasteiger partial charge in [0.2, 0.25) is 0 Å². The lowest BCUT2D eigenvalue weighted by atomic mass is 10.0. The topological polar surface area (TPSA) is 64.8 Å². The third-order valence-corrected chi connectivity index (χ3v) is 7.09. The molecule has 6 nitrogen and oxygen atoms in total. The molecule has 1 amide bonds. The van der Waals surface area contributed by atoms with Crippen LogP contribution in [0.5, 0.6) is 0 Å². The number of carbonyl (C=O) groups is 1. The second-order valence-corrected chi connectivity index (χ2v) is 10.2.